The molecule has 0 atom stereocenters. The number of halogens is 9. The molecule has 6 nitrogen and oxygen atoms in total. The Labute approximate surface area is 188 Å². The first-order valence-corrected chi connectivity index (χ1v) is 10.5. The van der Waals surface area contributed by atoms with E-state index in [9.17, 15) is 68.3 Å². The third kappa shape index (κ3) is 13.1. The first-order valence-electron chi connectivity index (χ1n) is 8.08. The van der Waals surface area contributed by atoms with Crippen molar-refractivity contribution in [2.24, 2.45) is 0 Å². The van der Waals surface area contributed by atoms with Crippen LogP contribution < -0.4 is 0 Å². The second-order valence-corrected chi connectivity index (χ2v) is 9.34. The van der Waals surface area contributed by atoms with Crippen molar-refractivity contribution in [2.45, 2.75) is 53.6 Å². The minimum Gasteiger partial charge on any atom is -0.301 e. The molecule has 0 heterocycles. The number of ketones is 6. The highest BCUT2D eigenvalue weighted by atomic mass is 27.2. The lowest BCUT2D eigenvalue weighted by atomic mass is 10.2. The normalized spacial score (nSPS) is 11.9. The molecular formula is C15H12Al2F9O6. The van der Waals surface area contributed by atoms with Gasteiger partial charge in [0.1, 0.15) is 17.3 Å². The third-order valence-electron chi connectivity index (χ3n) is 3.57. The molecule has 0 saturated carbocycles. The summed E-state index contributed by atoms with van der Waals surface area (Å²) in [6.45, 7) is 0. The first kappa shape index (κ1) is 32.6. The van der Waals surface area contributed by atoms with E-state index in [-0.39, 0.29) is 17.4 Å². The van der Waals surface area contributed by atoms with Crippen molar-refractivity contribution in [1.82, 2.24) is 0 Å². The highest BCUT2D eigenvalue weighted by molar-refractivity contribution is 6.69. The summed E-state index contributed by atoms with van der Waals surface area (Å²) in [6, 6.07) is 0. The lowest BCUT2D eigenvalue weighted by molar-refractivity contribution is -0.171. The average molecular weight is 513 g/mol. The molecule has 32 heavy (non-hydrogen) atoms. The number of carbonyl (C=O) groups excluding carboxylic acids is 6. The van der Waals surface area contributed by atoms with Crippen molar-refractivity contribution in [3.63, 3.8) is 0 Å². The van der Waals surface area contributed by atoms with E-state index in [1.807, 2.05) is 0 Å². The van der Waals surface area contributed by atoms with Crippen molar-refractivity contribution >= 4 is 66.2 Å². The van der Waals surface area contributed by atoms with E-state index >= 15 is 0 Å². The third-order valence-corrected chi connectivity index (χ3v) is 6.67. The average Bonchev–Trinajstić information content (AvgIpc) is 2.51. The molecule has 0 aromatic carbocycles. The second-order valence-electron chi connectivity index (χ2n) is 6.39. The molecule has 0 rings (SSSR count). The van der Waals surface area contributed by atoms with Gasteiger partial charge in [0, 0.05) is 17.4 Å². The summed E-state index contributed by atoms with van der Waals surface area (Å²) in [7, 11) is 0. The first-order chi connectivity index (χ1) is 13.7. The van der Waals surface area contributed by atoms with E-state index in [4.69, 9.17) is 0 Å². The molecule has 0 unspecified atom stereocenters. The summed E-state index contributed by atoms with van der Waals surface area (Å²) in [5, 5.41) is -3.08. The zero-order chi connectivity index (χ0) is 24.8. The predicted octanol–water partition coefficient (Wildman–Crippen LogP) is 2.37. The molecule has 0 saturated heterocycles. The maximum Gasteiger partial charge on any atom is 0.450 e. The number of carbonyl (C=O) groups is 6. The van der Waals surface area contributed by atoms with Crippen LogP contribution in [0.15, 0.2) is 0 Å². The molecule has 0 spiro atoms. The largest absolute Gasteiger partial charge is 0.450 e. The summed E-state index contributed by atoms with van der Waals surface area (Å²) in [5.41, 5.74) is 0. The molecule has 0 amide bonds. The van der Waals surface area contributed by atoms with Gasteiger partial charge in [-0.05, 0) is 15.8 Å². The van der Waals surface area contributed by atoms with Crippen LogP contribution in [0.5, 0.6) is 0 Å². The quantitative estimate of drug-likeness (QED) is 0.226. The summed E-state index contributed by atoms with van der Waals surface area (Å²) in [5.74, 6) is -11.8. The fourth-order valence-corrected chi connectivity index (χ4v) is 5.03. The summed E-state index contributed by atoms with van der Waals surface area (Å²) >= 11 is -3.35. The standard InChI is InChI=1S/3C5H4F3O2.2Al/c3*1-3(9)2-4(10)5(6,7)8;;/h3*1-2H2;;. The van der Waals surface area contributed by atoms with Crippen LogP contribution in [-0.2, 0) is 28.8 Å². The van der Waals surface area contributed by atoms with Crippen molar-refractivity contribution in [3.8, 4) is 0 Å². The van der Waals surface area contributed by atoms with Gasteiger partial charge in [-0.25, -0.2) is 0 Å². The van der Waals surface area contributed by atoms with E-state index in [1.54, 1.807) is 0 Å². The number of Topliss-reactive ketones (excluding diaryl/α,β-unsaturated/α-hetero) is 6. The van der Waals surface area contributed by atoms with Crippen LogP contribution >= 0.6 is 0 Å². The Hall–Kier alpha value is -1.55. The fraction of sp³-hybridized carbons (Fsp3) is 0.600. The van der Waals surface area contributed by atoms with Gasteiger partial charge in [-0.15, -0.1) is 0 Å². The summed E-state index contributed by atoms with van der Waals surface area (Å²) < 4.78 is 110. The Morgan fingerprint density at radius 3 is 0.812 bits per heavy atom. The van der Waals surface area contributed by atoms with Crippen LogP contribution in [0.2, 0.25) is 15.8 Å². The van der Waals surface area contributed by atoms with Crippen molar-refractivity contribution in [2.75, 3.05) is 0 Å². The van der Waals surface area contributed by atoms with Gasteiger partial charge in [0.05, 0.1) is 19.3 Å². The molecule has 17 heteroatoms. The van der Waals surface area contributed by atoms with Crippen LogP contribution in [0, 0.1) is 0 Å². The monoisotopic (exact) mass is 513 g/mol. The molecule has 0 bridgehead atoms. The predicted molar refractivity (Wildman–Crippen MR) is 88.0 cm³/mol. The Morgan fingerprint density at radius 1 is 0.469 bits per heavy atom. The number of rotatable bonds is 12. The van der Waals surface area contributed by atoms with Gasteiger partial charge in [-0.2, -0.15) is 39.5 Å². The van der Waals surface area contributed by atoms with Crippen LogP contribution in [0.4, 0.5) is 39.5 Å². The molecule has 0 aliphatic heterocycles. The van der Waals surface area contributed by atoms with Crippen LogP contribution in [0.25, 0.3) is 0 Å². The van der Waals surface area contributed by atoms with Gasteiger partial charge < -0.3 is 14.4 Å². The fourth-order valence-electron chi connectivity index (χ4n) is 2.24. The minimum absolute atomic E-state index is 0. The zero-order valence-corrected chi connectivity index (χ0v) is 18.1. The zero-order valence-electron chi connectivity index (χ0n) is 15.7. The Morgan fingerprint density at radius 2 is 0.656 bits per heavy atom. The number of hydrogen-bond acceptors (Lipinski definition) is 6. The Balaban J connectivity index is 0. The molecule has 3 radical (unpaired) electrons. The minimum atomic E-state index is -5.39. The highest BCUT2D eigenvalue weighted by Crippen LogP contribution is 2.23. The van der Waals surface area contributed by atoms with E-state index in [2.05, 4.69) is 0 Å². The topological polar surface area (TPSA) is 102 Å². The van der Waals surface area contributed by atoms with Gasteiger partial charge in [0.2, 0.25) is 17.3 Å². The maximum absolute atomic E-state index is 12.2. The van der Waals surface area contributed by atoms with Gasteiger partial charge in [0.25, 0.3) is 14.1 Å². The van der Waals surface area contributed by atoms with Crippen LogP contribution in [0.1, 0.15) is 19.3 Å². The molecule has 0 aliphatic rings. The van der Waals surface area contributed by atoms with E-state index in [0.29, 0.717) is 0 Å². The molecule has 0 aromatic heterocycles. The van der Waals surface area contributed by atoms with Crippen molar-refractivity contribution < 1.29 is 68.3 Å². The molecular weight excluding hydrogens is 501 g/mol. The summed E-state index contributed by atoms with van der Waals surface area (Å²) in [6.07, 6.45) is -21.3. The van der Waals surface area contributed by atoms with Gasteiger partial charge in [-0.1, -0.05) is 0 Å². The lowest BCUT2D eigenvalue weighted by Crippen LogP contribution is -2.32. The molecule has 0 aliphatic carbocycles. The molecule has 0 N–H and O–H groups in total. The highest BCUT2D eigenvalue weighted by Gasteiger charge is 2.43. The van der Waals surface area contributed by atoms with E-state index in [1.165, 1.54) is 0 Å². The van der Waals surface area contributed by atoms with Crippen LogP contribution in [0.3, 0.4) is 0 Å². The second kappa shape index (κ2) is 12.6. The van der Waals surface area contributed by atoms with Crippen molar-refractivity contribution in [1.29, 1.82) is 0 Å². The Kier molecular flexibility index (Phi) is 12.9. The van der Waals surface area contributed by atoms with E-state index in [0.717, 1.165) is 0 Å². The van der Waals surface area contributed by atoms with E-state index < -0.39 is 102 Å². The smallest absolute Gasteiger partial charge is 0.301 e. The number of alkyl halides is 9. The lowest BCUT2D eigenvalue weighted by Gasteiger charge is -2.12. The molecule has 177 valence electrons. The molecule has 0 aromatic rings. The number of hydrogen-bond donors (Lipinski definition) is 0. The Bertz CT molecular complexity index is 656. The summed E-state index contributed by atoms with van der Waals surface area (Å²) in [4.78, 5) is 67.3. The van der Waals surface area contributed by atoms with Gasteiger partial charge in [0.15, 0.2) is 0 Å². The van der Waals surface area contributed by atoms with Crippen LogP contribution in [-0.4, -0.2) is 84.7 Å². The van der Waals surface area contributed by atoms with Gasteiger partial charge >= 0.3 is 18.5 Å². The van der Waals surface area contributed by atoms with Crippen molar-refractivity contribution in [3.05, 3.63) is 0 Å². The SMILES string of the molecule is O=C(CC(=O)C(F)(F)F)[CH2][Al]([CH2]C(=O)CC(=O)C(F)(F)F)[CH2]C(=O)CC(=O)C(F)(F)F.[Al]. The maximum atomic E-state index is 12.2. The molecule has 0 fully saturated rings. The van der Waals surface area contributed by atoms with Gasteiger partial charge in [-0.3, -0.25) is 14.4 Å².